The third kappa shape index (κ3) is 7.43. The van der Waals surface area contributed by atoms with Gasteiger partial charge in [0.1, 0.15) is 5.75 Å². The molecule has 0 bridgehead atoms. The Bertz CT molecular complexity index is 1360. The van der Waals surface area contributed by atoms with Crippen molar-refractivity contribution in [1.29, 1.82) is 0 Å². The number of sulfone groups is 1. The molecule has 0 spiro atoms. The Morgan fingerprint density at radius 2 is 1.57 bits per heavy atom. The van der Waals surface area contributed by atoms with Crippen LogP contribution >= 0.6 is 34.8 Å². The second-order valence-corrected chi connectivity index (χ2v) is 10.1. The number of halogens is 3. The molecule has 0 atom stereocenters. The van der Waals surface area contributed by atoms with Crippen molar-refractivity contribution >= 4 is 67.0 Å². The van der Waals surface area contributed by atoms with Crippen molar-refractivity contribution in [2.75, 3.05) is 12.0 Å². The number of benzene rings is 3. The predicted molar refractivity (Wildman–Crippen MR) is 139 cm³/mol. The van der Waals surface area contributed by atoms with E-state index in [4.69, 9.17) is 39.5 Å². The number of carbonyl (C=O) groups is 1. The van der Waals surface area contributed by atoms with E-state index in [1.807, 2.05) is 0 Å². The van der Waals surface area contributed by atoms with Crippen LogP contribution in [-0.2, 0) is 14.6 Å². The second-order valence-electron chi connectivity index (χ2n) is 6.95. The fourth-order valence-corrected chi connectivity index (χ4v) is 4.58. The lowest BCUT2D eigenvalue weighted by Gasteiger charge is -2.10. The minimum Gasteiger partial charge on any atom is -0.482 e. The van der Waals surface area contributed by atoms with Crippen molar-refractivity contribution in [3.05, 3.63) is 87.9 Å². The van der Waals surface area contributed by atoms with E-state index in [1.54, 1.807) is 48.5 Å². The van der Waals surface area contributed by atoms with Crippen molar-refractivity contribution in [3.8, 4) is 5.75 Å². The Kier molecular flexibility index (Phi) is 9.11. The van der Waals surface area contributed by atoms with Gasteiger partial charge in [-0.05, 0) is 61.5 Å². The van der Waals surface area contributed by atoms with Crippen LogP contribution in [-0.4, -0.2) is 31.7 Å². The Morgan fingerprint density at radius 3 is 2.23 bits per heavy atom. The second kappa shape index (κ2) is 12.0. The number of nitrogens with one attached hydrogen (secondary N) is 2. The Morgan fingerprint density at radius 1 is 0.914 bits per heavy atom. The molecule has 0 aliphatic carbocycles. The van der Waals surface area contributed by atoms with Gasteiger partial charge in [0.15, 0.2) is 6.61 Å². The topological polar surface area (TPSA) is 109 Å². The van der Waals surface area contributed by atoms with Gasteiger partial charge in [0, 0.05) is 10.0 Å². The van der Waals surface area contributed by atoms with Crippen molar-refractivity contribution in [2.24, 2.45) is 10.2 Å². The molecule has 2 N–H and O–H groups in total. The number of amides is 1. The predicted octanol–water partition coefficient (Wildman–Crippen LogP) is 5.42. The number of carbonyl (C=O) groups excluding carboxylic acids is 1. The first-order chi connectivity index (χ1) is 16.7. The van der Waals surface area contributed by atoms with Gasteiger partial charge in [-0.15, -0.1) is 0 Å². The molecule has 8 nitrogen and oxygen atoms in total. The van der Waals surface area contributed by atoms with Gasteiger partial charge in [-0.2, -0.15) is 10.2 Å². The maximum atomic E-state index is 13.2. The number of rotatable bonds is 8. The van der Waals surface area contributed by atoms with E-state index < -0.39 is 22.4 Å². The zero-order valence-electron chi connectivity index (χ0n) is 18.2. The Labute approximate surface area is 217 Å². The summed E-state index contributed by atoms with van der Waals surface area (Å²) < 4.78 is 31.8. The van der Waals surface area contributed by atoms with Crippen LogP contribution in [0.2, 0.25) is 15.1 Å². The van der Waals surface area contributed by atoms with Gasteiger partial charge in [-0.25, -0.2) is 13.8 Å². The quantitative estimate of drug-likeness (QED) is 0.220. The lowest BCUT2D eigenvalue weighted by molar-refractivity contribution is -0.123. The highest BCUT2D eigenvalue weighted by Gasteiger charge is 2.26. The zero-order valence-corrected chi connectivity index (χ0v) is 21.3. The van der Waals surface area contributed by atoms with Crippen LogP contribution < -0.4 is 15.6 Å². The van der Waals surface area contributed by atoms with E-state index >= 15 is 0 Å². The minimum absolute atomic E-state index is 0.0123. The Balaban J connectivity index is 1.79. The average molecular weight is 554 g/mol. The maximum absolute atomic E-state index is 13.2. The number of hydrazone groups is 2. The van der Waals surface area contributed by atoms with Crippen LogP contribution in [0.15, 0.2) is 87.9 Å². The fourth-order valence-electron chi connectivity index (χ4n) is 2.65. The molecule has 3 aromatic rings. The van der Waals surface area contributed by atoms with Crippen LogP contribution in [0, 0.1) is 0 Å². The summed E-state index contributed by atoms with van der Waals surface area (Å²) in [6, 6.07) is 18.8. The van der Waals surface area contributed by atoms with E-state index in [9.17, 15) is 13.2 Å². The van der Waals surface area contributed by atoms with Crippen LogP contribution in [0.3, 0.4) is 0 Å². The smallest absolute Gasteiger partial charge is 0.277 e. The highest BCUT2D eigenvalue weighted by atomic mass is 35.5. The molecule has 0 saturated carbocycles. The molecule has 0 aromatic heterocycles. The monoisotopic (exact) mass is 552 g/mol. The van der Waals surface area contributed by atoms with E-state index in [0.29, 0.717) is 15.7 Å². The summed E-state index contributed by atoms with van der Waals surface area (Å²) in [5, 5.41) is 8.74. The molecule has 35 heavy (non-hydrogen) atoms. The van der Waals surface area contributed by atoms with Gasteiger partial charge < -0.3 is 4.74 Å². The molecule has 0 radical (unpaired) electrons. The molecule has 1 amide bonds. The maximum Gasteiger partial charge on any atom is 0.277 e. The van der Waals surface area contributed by atoms with E-state index in [0.717, 1.165) is 0 Å². The molecule has 0 saturated heterocycles. The lowest BCUT2D eigenvalue weighted by atomic mass is 10.3. The van der Waals surface area contributed by atoms with Crippen LogP contribution in [0.5, 0.6) is 5.75 Å². The summed E-state index contributed by atoms with van der Waals surface area (Å²) in [6.07, 6.45) is 0. The summed E-state index contributed by atoms with van der Waals surface area (Å²) in [5.41, 5.74) is 5.38. The normalized spacial score (nSPS) is 12.2. The molecule has 0 aliphatic rings. The Hall–Kier alpha value is -3.11. The molecule has 182 valence electrons. The van der Waals surface area contributed by atoms with Gasteiger partial charge in [-0.1, -0.05) is 53.0 Å². The summed E-state index contributed by atoms with van der Waals surface area (Å²) in [7, 11) is -4.07. The third-order valence-electron chi connectivity index (χ3n) is 4.35. The van der Waals surface area contributed by atoms with Crippen LogP contribution in [0.4, 0.5) is 5.69 Å². The molecule has 0 heterocycles. The number of ether oxygens (including phenoxy) is 1. The molecule has 0 aliphatic heterocycles. The first-order valence-corrected chi connectivity index (χ1v) is 12.6. The molecular formula is C23H19Cl3N4O4S. The molecule has 3 aromatic carbocycles. The van der Waals surface area contributed by atoms with Crippen LogP contribution in [0.25, 0.3) is 0 Å². The molecule has 0 fully saturated rings. The first kappa shape index (κ1) is 26.5. The third-order valence-corrected chi connectivity index (χ3v) is 6.92. The molecule has 0 unspecified atom stereocenters. The molecule has 3 rings (SSSR count). The van der Waals surface area contributed by atoms with Gasteiger partial charge >= 0.3 is 0 Å². The number of nitrogens with zero attached hydrogens (tertiary/aromatic N) is 2. The lowest BCUT2D eigenvalue weighted by Crippen LogP contribution is -2.30. The van der Waals surface area contributed by atoms with Crippen molar-refractivity contribution in [2.45, 2.75) is 11.8 Å². The molecular weight excluding hydrogens is 535 g/mol. The first-order valence-electron chi connectivity index (χ1n) is 9.97. The van der Waals surface area contributed by atoms with Crippen LogP contribution in [0.1, 0.15) is 6.92 Å². The van der Waals surface area contributed by atoms with Gasteiger partial charge in [0.25, 0.3) is 5.91 Å². The minimum atomic E-state index is -4.07. The largest absolute Gasteiger partial charge is 0.482 e. The number of anilines is 1. The molecule has 12 heteroatoms. The van der Waals surface area contributed by atoms with Crippen molar-refractivity contribution < 1.29 is 17.9 Å². The van der Waals surface area contributed by atoms with E-state index in [2.05, 4.69) is 21.1 Å². The summed E-state index contributed by atoms with van der Waals surface area (Å²) >= 11 is 17.7. The van der Waals surface area contributed by atoms with Gasteiger partial charge in [0.2, 0.25) is 14.9 Å². The van der Waals surface area contributed by atoms with Crippen molar-refractivity contribution in [1.82, 2.24) is 5.43 Å². The highest BCUT2D eigenvalue weighted by Crippen LogP contribution is 2.27. The zero-order chi connectivity index (χ0) is 25.4. The summed E-state index contributed by atoms with van der Waals surface area (Å²) in [6.45, 7) is 0.985. The van der Waals surface area contributed by atoms with Crippen molar-refractivity contribution in [3.63, 3.8) is 0 Å². The van der Waals surface area contributed by atoms with Gasteiger partial charge in [-0.3, -0.25) is 10.2 Å². The summed E-state index contributed by atoms with van der Waals surface area (Å²) in [5.74, 6) is -0.384. The van der Waals surface area contributed by atoms with Gasteiger partial charge in [0.05, 0.1) is 21.3 Å². The fraction of sp³-hybridized carbons (Fsp3) is 0.0870. The van der Waals surface area contributed by atoms with E-state index in [-0.39, 0.29) is 26.4 Å². The number of hydrogen-bond acceptors (Lipinski definition) is 7. The summed E-state index contributed by atoms with van der Waals surface area (Å²) in [4.78, 5) is 12.2. The number of hydrogen-bond donors (Lipinski definition) is 2. The van der Waals surface area contributed by atoms with E-state index in [1.165, 1.54) is 31.2 Å². The average Bonchev–Trinajstić information content (AvgIpc) is 2.84. The standard InChI is InChI=1S/C23H19Cl3N4O4S/c1-15(27-29-22(31)14-34-21-12-9-17(25)13-20(21)26)23(30-28-18-10-7-16(24)8-11-18)35(32,33)19-5-3-2-4-6-19/h2-13,28H,14H2,1H3,(H,29,31)/b27-15+,30-23+. The SMILES string of the molecule is CC(=N\NC(=O)COc1ccc(Cl)cc1Cl)/C(=N\Nc1ccc(Cl)cc1)S(=O)(=O)c1ccccc1. The highest BCUT2D eigenvalue weighted by molar-refractivity contribution is 8.08.